The first-order valence-electron chi connectivity index (χ1n) is 11.0. The van der Waals surface area contributed by atoms with Gasteiger partial charge >= 0.3 is 0 Å². The Labute approximate surface area is 206 Å². The van der Waals surface area contributed by atoms with Gasteiger partial charge < -0.3 is 0 Å². The molecule has 2 amide bonds. The highest BCUT2D eigenvalue weighted by molar-refractivity contribution is 9.10. The Bertz CT molecular complexity index is 1210. The van der Waals surface area contributed by atoms with E-state index < -0.39 is 17.8 Å². The summed E-state index contributed by atoms with van der Waals surface area (Å²) < 4.78 is 0.925. The first-order chi connectivity index (χ1) is 16.5. The SMILES string of the molecule is CN1N=C(c2ccccc2)C(C(c2ccc(Br)cc2)C2C(=O)N(C)N=C2c2ccccc2)C1=O. The lowest BCUT2D eigenvalue weighted by atomic mass is 9.70. The van der Waals surface area contributed by atoms with E-state index in [4.69, 9.17) is 0 Å². The largest absolute Gasteiger partial charge is 0.272 e. The van der Waals surface area contributed by atoms with Crippen molar-refractivity contribution in [2.45, 2.75) is 5.92 Å². The summed E-state index contributed by atoms with van der Waals surface area (Å²) >= 11 is 3.50. The lowest BCUT2D eigenvalue weighted by Crippen LogP contribution is -2.40. The minimum Gasteiger partial charge on any atom is -0.272 e. The van der Waals surface area contributed by atoms with Gasteiger partial charge in [0.1, 0.15) is 0 Å². The maximum absolute atomic E-state index is 13.6. The van der Waals surface area contributed by atoms with Gasteiger partial charge in [0.05, 0.1) is 23.3 Å². The molecular formula is C27H23BrN4O2. The second-order valence-electron chi connectivity index (χ2n) is 8.46. The molecule has 0 aromatic heterocycles. The number of hydrogen-bond acceptors (Lipinski definition) is 4. The van der Waals surface area contributed by atoms with Gasteiger partial charge in [0.2, 0.25) is 0 Å². The average molecular weight is 515 g/mol. The van der Waals surface area contributed by atoms with Crippen molar-refractivity contribution in [1.29, 1.82) is 0 Å². The standard InChI is InChI=1S/C27H23BrN4O2/c1-31-26(33)22(24(29-31)18-9-5-3-6-10-18)21(17-13-15-20(28)16-14-17)23-25(30-32(2)27(23)34)19-11-7-4-8-12-19/h3-16,21-23H,1-2H3. The highest BCUT2D eigenvalue weighted by atomic mass is 79.9. The topological polar surface area (TPSA) is 65.3 Å². The lowest BCUT2D eigenvalue weighted by Gasteiger charge is -2.29. The zero-order valence-electron chi connectivity index (χ0n) is 18.8. The summed E-state index contributed by atoms with van der Waals surface area (Å²) in [4.78, 5) is 27.2. The smallest absolute Gasteiger partial charge is 0.252 e. The molecule has 7 heteroatoms. The van der Waals surface area contributed by atoms with Crippen LogP contribution in [0.2, 0.25) is 0 Å². The third-order valence-electron chi connectivity index (χ3n) is 6.39. The van der Waals surface area contributed by atoms with Crippen LogP contribution in [0.5, 0.6) is 0 Å². The van der Waals surface area contributed by atoms with E-state index in [9.17, 15) is 9.59 Å². The summed E-state index contributed by atoms with van der Waals surface area (Å²) in [5.41, 5.74) is 3.94. The van der Waals surface area contributed by atoms with Gasteiger partial charge in [0.25, 0.3) is 11.8 Å². The Hall–Kier alpha value is -3.58. The molecule has 2 atom stereocenters. The third kappa shape index (κ3) is 3.86. The third-order valence-corrected chi connectivity index (χ3v) is 6.92. The molecule has 170 valence electrons. The van der Waals surface area contributed by atoms with Crippen molar-refractivity contribution < 1.29 is 9.59 Å². The number of amides is 2. The van der Waals surface area contributed by atoms with Crippen LogP contribution >= 0.6 is 15.9 Å². The Morgan fingerprint density at radius 1 is 0.676 bits per heavy atom. The van der Waals surface area contributed by atoms with Crippen molar-refractivity contribution in [3.8, 4) is 0 Å². The molecule has 2 aliphatic heterocycles. The Balaban J connectivity index is 1.70. The molecule has 2 aliphatic rings. The average Bonchev–Trinajstić information content (AvgIpc) is 3.32. The minimum atomic E-state index is -0.636. The highest BCUT2D eigenvalue weighted by Crippen LogP contribution is 2.43. The van der Waals surface area contributed by atoms with Gasteiger partial charge in [-0.2, -0.15) is 10.2 Å². The van der Waals surface area contributed by atoms with Crippen LogP contribution in [0.15, 0.2) is 99.6 Å². The number of hydrazone groups is 2. The normalized spacial score (nSPS) is 21.0. The summed E-state index contributed by atoms with van der Waals surface area (Å²) in [5, 5.41) is 12.0. The van der Waals surface area contributed by atoms with Crippen LogP contribution in [-0.2, 0) is 9.59 Å². The fourth-order valence-electron chi connectivity index (χ4n) is 4.78. The summed E-state index contributed by atoms with van der Waals surface area (Å²) in [6, 6.07) is 27.2. The predicted octanol–water partition coefficient (Wildman–Crippen LogP) is 4.52. The number of rotatable bonds is 5. The fourth-order valence-corrected chi connectivity index (χ4v) is 5.05. The van der Waals surface area contributed by atoms with Crippen molar-refractivity contribution in [2.75, 3.05) is 14.1 Å². The molecule has 34 heavy (non-hydrogen) atoms. The van der Waals surface area contributed by atoms with E-state index in [1.165, 1.54) is 10.0 Å². The van der Waals surface area contributed by atoms with Crippen molar-refractivity contribution in [1.82, 2.24) is 10.0 Å². The van der Waals surface area contributed by atoms with Crippen molar-refractivity contribution in [3.63, 3.8) is 0 Å². The van der Waals surface area contributed by atoms with Crippen LogP contribution in [0.25, 0.3) is 0 Å². The first-order valence-corrected chi connectivity index (χ1v) is 11.8. The summed E-state index contributed by atoms with van der Waals surface area (Å²) in [5.74, 6) is -2.03. The molecule has 5 rings (SSSR count). The maximum atomic E-state index is 13.6. The van der Waals surface area contributed by atoms with E-state index >= 15 is 0 Å². The molecule has 3 aromatic rings. The fraction of sp³-hybridized carbons (Fsp3) is 0.185. The molecule has 0 bridgehead atoms. The zero-order chi connectivity index (χ0) is 23.8. The van der Waals surface area contributed by atoms with E-state index in [1.807, 2.05) is 84.9 Å². The predicted molar refractivity (Wildman–Crippen MR) is 135 cm³/mol. The van der Waals surface area contributed by atoms with Crippen molar-refractivity contribution >= 4 is 39.2 Å². The van der Waals surface area contributed by atoms with Gasteiger partial charge in [-0.3, -0.25) is 9.59 Å². The molecule has 0 saturated heterocycles. The summed E-state index contributed by atoms with van der Waals surface area (Å²) in [6.45, 7) is 0. The monoisotopic (exact) mass is 514 g/mol. The van der Waals surface area contributed by atoms with Gasteiger partial charge in [0.15, 0.2) is 0 Å². The van der Waals surface area contributed by atoms with Gasteiger partial charge in [0, 0.05) is 24.5 Å². The molecule has 0 radical (unpaired) electrons. The van der Waals surface area contributed by atoms with E-state index in [2.05, 4.69) is 26.1 Å². The van der Waals surface area contributed by atoms with Gasteiger partial charge in [-0.1, -0.05) is 88.7 Å². The number of nitrogens with zero attached hydrogens (tertiary/aromatic N) is 4. The van der Waals surface area contributed by atoms with Crippen LogP contribution in [0, 0.1) is 11.8 Å². The summed E-state index contributed by atoms with van der Waals surface area (Å²) in [6.07, 6.45) is 0. The van der Waals surface area contributed by atoms with Crippen molar-refractivity contribution in [2.24, 2.45) is 22.0 Å². The van der Waals surface area contributed by atoms with Crippen LogP contribution in [0.4, 0.5) is 0 Å². The first kappa shape index (κ1) is 22.2. The van der Waals surface area contributed by atoms with E-state index in [0.29, 0.717) is 11.4 Å². The molecule has 3 aromatic carbocycles. The number of hydrogen-bond donors (Lipinski definition) is 0. The van der Waals surface area contributed by atoms with Crippen LogP contribution in [0.1, 0.15) is 22.6 Å². The molecule has 2 heterocycles. The second kappa shape index (κ2) is 8.99. The molecular weight excluding hydrogens is 492 g/mol. The molecule has 2 unspecified atom stereocenters. The Morgan fingerprint density at radius 2 is 1.09 bits per heavy atom. The van der Waals surface area contributed by atoms with Crippen LogP contribution in [0.3, 0.4) is 0 Å². The number of benzene rings is 3. The van der Waals surface area contributed by atoms with E-state index in [0.717, 1.165) is 21.2 Å². The highest BCUT2D eigenvalue weighted by Gasteiger charge is 2.50. The minimum absolute atomic E-state index is 0.137. The van der Waals surface area contributed by atoms with Crippen LogP contribution < -0.4 is 0 Å². The molecule has 0 N–H and O–H groups in total. The second-order valence-corrected chi connectivity index (χ2v) is 9.37. The van der Waals surface area contributed by atoms with Gasteiger partial charge in [-0.05, 0) is 28.8 Å². The maximum Gasteiger partial charge on any atom is 0.252 e. The zero-order valence-corrected chi connectivity index (χ0v) is 20.4. The van der Waals surface area contributed by atoms with Crippen LogP contribution in [-0.4, -0.2) is 47.4 Å². The van der Waals surface area contributed by atoms with Gasteiger partial charge in [-0.15, -0.1) is 0 Å². The number of carbonyl (C=O) groups excluding carboxylic acids is 2. The summed E-state index contributed by atoms with van der Waals surface area (Å²) in [7, 11) is 3.33. The molecule has 0 fully saturated rings. The van der Waals surface area contributed by atoms with Gasteiger partial charge in [-0.25, -0.2) is 10.0 Å². The molecule has 0 saturated carbocycles. The Kier molecular flexibility index (Phi) is 5.87. The molecule has 0 spiro atoms. The number of carbonyl (C=O) groups is 2. The molecule has 0 aliphatic carbocycles. The quantitative estimate of drug-likeness (QED) is 0.502. The number of halogens is 1. The van der Waals surface area contributed by atoms with E-state index in [-0.39, 0.29) is 11.8 Å². The Morgan fingerprint density at radius 3 is 1.50 bits per heavy atom. The van der Waals surface area contributed by atoms with Crippen molar-refractivity contribution in [3.05, 3.63) is 106 Å². The lowest BCUT2D eigenvalue weighted by molar-refractivity contribution is -0.133. The molecule has 6 nitrogen and oxygen atoms in total. The van der Waals surface area contributed by atoms with E-state index in [1.54, 1.807) is 14.1 Å².